The third-order valence-electron chi connectivity index (χ3n) is 5.84. The van der Waals surface area contributed by atoms with Crippen molar-refractivity contribution in [3.05, 3.63) is 78.6 Å². The lowest BCUT2D eigenvalue weighted by Crippen LogP contribution is -2.19. The summed E-state index contributed by atoms with van der Waals surface area (Å²) in [5, 5.41) is 10.8. The highest BCUT2D eigenvalue weighted by molar-refractivity contribution is 6.09. The second kappa shape index (κ2) is 9.16. The molecular formula is C26H26FN5O. The average Bonchev–Trinajstić information content (AvgIpc) is 3.33. The second-order valence-corrected chi connectivity index (χ2v) is 8.00. The van der Waals surface area contributed by atoms with E-state index in [1.165, 1.54) is 12.1 Å². The van der Waals surface area contributed by atoms with Crippen molar-refractivity contribution in [2.24, 2.45) is 5.73 Å². The van der Waals surface area contributed by atoms with Gasteiger partial charge in [0.15, 0.2) is 0 Å². The maximum atomic E-state index is 15.2. The van der Waals surface area contributed by atoms with Crippen molar-refractivity contribution in [2.45, 2.75) is 12.8 Å². The molecule has 1 saturated heterocycles. The second-order valence-electron chi connectivity index (χ2n) is 8.00. The summed E-state index contributed by atoms with van der Waals surface area (Å²) in [6.07, 6.45) is 3.31. The molecule has 0 unspecified atom stereocenters. The smallest absolute Gasteiger partial charge is 0.247 e. The summed E-state index contributed by atoms with van der Waals surface area (Å²) in [7, 11) is 0. The van der Waals surface area contributed by atoms with E-state index in [9.17, 15) is 4.79 Å². The fourth-order valence-electron chi connectivity index (χ4n) is 4.25. The standard InChI is InChI=1S/C26H26FN5O/c1-2-23(33)31-18-8-5-16(6-9-18)19-10-11-21(28)25(26(29)30)24(19)17-7-12-22(20(27)15-17)32-13-3-4-14-32/h2,5-12,15H,1,3-4,13-14,28H2,(H3,29,30)(H,31,33). The number of amides is 1. The average molecular weight is 444 g/mol. The van der Waals surface area contributed by atoms with Crippen LogP contribution < -0.4 is 21.7 Å². The number of nitrogen functional groups attached to an aromatic ring is 2. The van der Waals surface area contributed by atoms with E-state index in [4.69, 9.17) is 16.9 Å². The molecule has 1 fully saturated rings. The first-order valence-corrected chi connectivity index (χ1v) is 10.7. The van der Waals surface area contributed by atoms with Crippen LogP contribution in [0.5, 0.6) is 0 Å². The van der Waals surface area contributed by atoms with Crippen LogP contribution in [0.2, 0.25) is 0 Å². The maximum absolute atomic E-state index is 15.2. The van der Waals surface area contributed by atoms with Gasteiger partial charge in [-0.3, -0.25) is 10.2 Å². The van der Waals surface area contributed by atoms with Gasteiger partial charge in [-0.25, -0.2) is 4.39 Å². The van der Waals surface area contributed by atoms with Gasteiger partial charge in [0.1, 0.15) is 11.7 Å². The largest absolute Gasteiger partial charge is 0.398 e. The number of amidine groups is 1. The first kappa shape index (κ1) is 22.1. The molecule has 1 aliphatic rings. The molecule has 3 aromatic carbocycles. The number of carbonyl (C=O) groups excluding carboxylic acids is 1. The Hall–Kier alpha value is -4.13. The van der Waals surface area contributed by atoms with E-state index < -0.39 is 0 Å². The zero-order chi connectivity index (χ0) is 23.5. The van der Waals surface area contributed by atoms with E-state index in [0.717, 1.165) is 37.1 Å². The fourth-order valence-corrected chi connectivity index (χ4v) is 4.25. The number of hydrogen-bond donors (Lipinski definition) is 4. The number of rotatable bonds is 6. The number of hydrogen-bond acceptors (Lipinski definition) is 4. The van der Waals surface area contributed by atoms with Gasteiger partial charge in [-0.1, -0.05) is 30.8 Å². The van der Waals surface area contributed by atoms with Crippen molar-refractivity contribution in [2.75, 3.05) is 29.0 Å². The molecule has 3 aromatic rings. The highest BCUT2D eigenvalue weighted by Gasteiger charge is 2.21. The molecule has 1 heterocycles. The summed E-state index contributed by atoms with van der Waals surface area (Å²) in [5.41, 5.74) is 16.8. The van der Waals surface area contributed by atoms with Crippen LogP contribution in [-0.4, -0.2) is 24.8 Å². The molecule has 0 aliphatic carbocycles. The lowest BCUT2D eigenvalue weighted by atomic mass is 9.88. The molecule has 7 heteroatoms. The van der Waals surface area contributed by atoms with Crippen LogP contribution in [0, 0.1) is 11.2 Å². The Bertz CT molecular complexity index is 1230. The van der Waals surface area contributed by atoms with Crippen LogP contribution in [0.1, 0.15) is 18.4 Å². The van der Waals surface area contributed by atoms with E-state index in [1.54, 1.807) is 24.3 Å². The number of nitrogens with zero attached hydrogens (tertiary/aromatic N) is 1. The molecule has 0 aromatic heterocycles. The predicted molar refractivity (Wildman–Crippen MR) is 133 cm³/mol. The molecule has 0 radical (unpaired) electrons. The van der Waals surface area contributed by atoms with E-state index >= 15 is 4.39 Å². The minimum Gasteiger partial charge on any atom is -0.398 e. The van der Waals surface area contributed by atoms with Crippen molar-refractivity contribution >= 4 is 28.8 Å². The first-order valence-electron chi connectivity index (χ1n) is 10.7. The summed E-state index contributed by atoms with van der Waals surface area (Å²) in [5.74, 6) is -0.814. The topological polar surface area (TPSA) is 108 Å². The quantitative estimate of drug-likeness (QED) is 0.191. The van der Waals surface area contributed by atoms with Gasteiger partial charge in [-0.2, -0.15) is 0 Å². The fraction of sp³-hybridized carbons (Fsp3) is 0.154. The number of halogens is 1. The Labute approximate surface area is 192 Å². The Morgan fingerprint density at radius 3 is 2.33 bits per heavy atom. The van der Waals surface area contributed by atoms with Crippen LogP contribution >= 0.6 is 0 Å². The molecule has 1 aliphatic heterocycles. The molecule has 6 nitrogen and oxygen atoms in total. The molecule has 33 heavy (non-hydrogen) atoms. The molecule has 0 atom stereocenters. The van der Waals surface area contributed by atoms with Crippen LogP contribution in [0.15, 0.2) is 67.3 Å². The molecule has 0 saturated carbocycles. The zero-order valence-corrected chi connectivity index (χ0v) is 18.2. The Morgan fingerprint density at radius 1 is 1.06 bits per heavy atom. The lowest BCUT2D eigenvalue weighted by Gasteiger charge is -2.21. The molecule has 168 valence electrons. The van der Waals surface area contributed by atoms with Crippen molar-refractivity contribution < 1.29 is 9.18 Å². The van der Waals surface area contributed by atoms with Crippen LogP contribution in [-0.2, 0) is 4.79 Å². The lowest BCUT2D eigenvalue weighted by molar-refractivity contribution is -0.111. The number of nitrogens with one attached hydrogen (secondary N) is 2. The van der Waals surface area contributed by atoms with E-state index in [-0.39, 0.29) is 17.6 Å². The van der Waals surface area contributed by atoms with Crippen LogP contribution in [0.3, 0.4) is 0 Å². The third-order valence-corrected chi connectivity index (χ3v) is 5.84. The Morgan fingerprint density at radius 2 is 1.73 bits per heavy atom. The van der Waals surface area contributed by atoms with Gasteiger partial charge in [-0.15, -0.1) is 0 Å². The molecule has 6 N–H and O–H groups in total. The molecular weight excluding hydrogens is 417 g/mol. The van der Waals surface area contributed by atoms with Crippen molar-refractivity contribution in [1.29, 1.82) is 5.41 Å². The van der Waals surface area contributed by atoms with E-state index in [0.29, 0.717) is 33.8 Å². The summed E-state index contributed by atoms with van der Waals surface area (Å²) < 4.78 is 15.2. The Balaban J connectivity index is 1.83. The number of carbonyl (C=O) groups is 1. The number of nitrogens with two attached hydrogens (primary N) is 2. The van der Waals surface area contributed by atoms with Gasteiger partial charge in [0, 0.05) is 35.6 Å². The van der Waals surface area contributed by atoms with Crippen molar-refractivity contribution in [3.8, 4) is 22.3 Å². The molecule has 1 amide bonds. The Kier molecular flexibility index (Phi) is 6.13. The highest BCUT2D eigenvalue weighted by atomic mass is 19.1. The van der Waals surface area contributed by atoms with Gasteiger partial charge in [-0.05, 0) is 65.9 Å². The SMILES string of the molecule is C=CC(=O)Nc1ccc(-c2ccc(N)c(C(=N)N)c2-c2ccc(N3CCCC3)c(F)c2)cc1. The number of anilines is 3. The molecule has 0 bridgehead atoms. The summed E-state index contributed by atoms with van der Waals surface area (Å²) in [4.78, 5) is 13.6. The van der Waals surface area contributed by atoms with Crippen LogP contribution in [0.4, 0.5) is 21.5 Å². The number of benzene rings is 3. The van der Waals surface area contributed by atoms with Crippen LogP contribution in [0.25, 0.3) is 22.3 Å². The maximum Gasteiger partial charge on any atom is 0.247 e. The summed E-state index contributed by atoms with van der Waals surface area (Å²) >= 11 is 0. The predicted octanol–water partition coefficient (Wildman–Crippen LogP) is 4.75. The zero-order valence-electron chi connectivity index (χ0n) is 18.2. The monoisotopic (exact) mass is 443 g/mol. The van der Waals surface area contributed by atoms with E-state index in [2.05, 4.69) is 11.9 Å². The third kappa shape index (κ3) is 4.43. The van der Waals surface area contributed by atoms with Gasteiger partial charge >= 0.3 is 0 Å². The minimum atomic E-state index is -0.320. The van der Waals surface area contributed by atoms with Crippen molar-refractivity contribution in [1.82, 2.24) is 0 Å². The molecule has 4 rings (SSSR count). The first-order chi connectivity index (χ1) is 15.9. The normalized spacial score (nSPS) is 13.1. The summed E-state index contributed by atoms with van der Waals surface area (Å²) in [6, 6.07) is 15.8. The molecule has 0 spiro atoms. The van der Waals surface area contributed by atoms with Gasteiger partial charge < -0.3 is 21.7 Å². The van der Waals surface area contributed by atoms with Gasteiger partial charge in [0.25, 0.3) is 0 Å². The minimum absolute atomic E-state index is 0.191. The van der Waals surface area contributed by atoms with E-state index in [1.807, 2.05) is 29.2 Å². The van der Waals surface area contributed by atoms with Crippen molar-refractivity contribution in [3.63, 3.8) is 0 Å². The van der Waals surface area contributed by atoms with Gasteiger partial charge in [0.05, 0.1) is 5.69 Å². The summed E-state index contributed by atoms with van der Waals surface area (Å²) in [6.45, 7) is 5.13. The highest BCUT2D eigenvalue weighted by Crippen LogP contribution is 2.39. The van der Waals surface area contributed by atoms with Gasteiger partial charge in [0.2, 0.25) is 5.91 Å².